The minimum absolute atomic E-state index is 0.145. The quantitative estimate of drug-likeness (QED) is 0.658. The number of furan rings is 1. The van der Waals surface area contributed by atoms with Gasteiger partial charge in [-0.2, -0.15) is 0 Å². The molecule has 1 N–H and O–H groups in total. The van der Waals surface area contributed by atoms with Gasteiger partial charge in [-0.3, -0.25) is 14.4 Å². The lowest BCUT2D eigenvalue weighted by atomic mass is 10.2. The highest BCUT2D eigenvalue weighted by molar-refractivity contribution is 5.95. The van der Waals surface area contributed by atoms with Crippen LogP contribution in [0.15, 0.2) is 59.3 Å². The Balaban J connectivity index is 1.36. The molecule has 0 aliphatic carbocycles. The van der Waals surface area contributed by atoms with Crippen molar-refractivity contribution >= 4 is 23.4 Å². The van der Waals surface area contributed by atoms with Gasteiger partial charge in [-0.15, -0.1) is 0 Å². The van der Waals surface area contributed by atoms with Gasteiger partial charge in [-0.1, -0.05) is 0 Å². The Bertz CT molecular complexity index is 1130. The van der Waals surface area contributed by atoms with Gasteiger partial charge >= 0.3 is 0 Å². The fraction of sp³-hybridized carbons (Fsp3) is 0.227. The zero-order valence-electron chi connectivity index (χ0n) is 17.0. The average molecular weight is 442 g/mol. The van der Waals surface area contributed by atoms with E-state index in [1.165, 1.54) is 10.8 Å². The van der Waals surface area contributed by atoms with Crippen molar-refractivity contribution in [3.05, 3.63) is 78.0 Å². The number of amides is 3. The minimum atomic E-state index is -0.885. The Morgan fingerprint density at radius 2 is 1.66 bits per heavy atom. The lowest BCUT2D eigenvalue weighted by Crippen LogP contribution is -2.50. The number of hydrogen-bond acceptors (Lipinski definition) is 4. The van der Waals surface area contributed by atoms with Gasteiger partial charge in [0.05, 0.1) is 12.0 Å². The molecule has 10 heteroatoms. The zero-order chi connectivity index (χ0) is 22.7. The summed E-state index contributed by atoms with van der Waals surface area (Å²) in [6, 6.07) is 9.31. The monoisotopic (exact) mass is 442 g/mol. The van der Waals surface area contributed by atoms with Crippen LogP contribution < -0.4 is 5.32 Å². The molecule has 3 heterocycles. The minimum Gasteiger partial charge on any atom is -0.459 e. The first-order chi connectivity index (χ1) is 15.4. The van der Waals surface area contributed by atoms with Gasteiger partial charge in [-0.05, 0) is 36.4 Å². The normalized spacial score (nSPS) is 13.8. The molecular weight excluding hydrogens is 422 g/mol. The molecule has 0 unspecified atom stereocenters. The number of carbonyl (C=O) groups is 3. The third-order valence-corrected chi connectivity index (χ3v) is 5.15. The molecule has 32 heavy (non-hydrogen) atoms. The van der Waals surface area contributed by atoms with E-state index < -0.39 is 17.5 Å². The molecule has 0 radical (unpaired) electrons. The van der Waals surface area contributed by atoms with Gasteiger partial charge in [0.15, 0.2) is 5.76 Å². The zero-order valence-corrected chi connectivity index (χ0v) is 17.0. The molecule has 0 atom stereocenters. The average Bonchev–Trinajstić information content (AvgIpc) is 3.47. The van der Waals surface area contributed by atoms with Crippen LogP contribution in [0.2, 0.25) is 0 Å². The van der Waals surface area contributed by atoms with E-state index in [1.807, 2.05) is 0 Å². The smallest absolute Gasteiger partial charge is 0.289 e. The molecule has 1 aromatic carbocycles. The fourth-order valence-corrected chi connectivity index (χ4v) is 3.51. The van der Waals surface area contributed by atoms with E-state index in [9.17, 15) is 23.2 Å². The van der Waals surface area contributed by atoms with Crippen molar-refractivity contribution in [2.45, 2.75) is 6.54 Å². The van der Waals surface area contributed by atoms with Crippen LogP contribution in [0.25, 0.3) is 0 Å². The largest absolute Gasteiger partial charge is 0.459 e. The summed E-state index contributed by atoms with van der Waals surface area (Å²) in [6.45, 7) is 1.17. The van der Waals surface area contributed by atoms with Crippen molar-refractivity contribution in [1.82, 2.24) is 14.4 Å². The van der Waals surface area contributed by atoms with Crippen molar-refractivity contribution in [2.75, 3.05) is 31.5 Å². The van der Waals surface area contributed by atoms with Crippen molar-refractivity contribution < 1.29 is 27.6 Å². The molecule has 4 rings (SSSR count). The molecule has 2 aromatic heterocycles. The maximum Gasteiger partial charge on any atom is 0.289 e. The predicted molar refractivity (Wildman–Crippen MR) is 110 cm³/mol. The van der Waals surface area contributed by atoms with Crippen LogP contribution in [0.4, 0.5) is 14.5 Å². The number of rotatable bonds is 5. The van der Waals surface area contributed by atoms with Gasteiger partial charge < -0.3 is 24.1 Å². The molecule has 1 aliphatic heterocycles. The Hall–Kier alpha value is -3.95. The molecular formula is C22H20F2N4O4. The highest BCUT2D eigenvalue weighted by Crippen LogP contribution is 2.16. The lowest BCUT2D eigenvalue weighted by Gasteiger charge is -2.34. The van der Waals surface area contributed by atoms with Crippen LogP contribution in [-0.2, 0) is 11.3 Å². The molecule has 1 saturated heterocycles. The van der Waals surface area contributed by atoms with Crippen LogP contribution in [0, 0.1) is 11.6 Å². The van der Waals surface area contributed by atoms with Crippen LogP contribution >= 0.6 is 0 Å². The number of nitrogens with one attached hydrogen (secondary N) is 1. The Kier molecular flexibility index (Phi) is 6.02. The summed E-state index contributed by atoms with van der Waals surface area (Å²) >= 11 is 0. The predicted octanol–water partition coefficient (Wildman–Crippen LogP) is 2.60. The summed E-state index contributed by atoms with van der Waals surface area (Å²) in [5.41, 5.74) is 0.152. The second-order valence-corrected chi connectivity index (χ2v) is 7.26. The standard InChI is InChI=1S/C22H20F2N4O4/c23-15-5-6-17(16(24)13-15)25-20(29)14-28-7-1-3-18(28)21(30)26-8-10-27(11-9-26)22(31)19-4-2-12-32-19/h1-7,12-13H,8-11,14H2,(H,25,29). The first-order valence-corrected chi connectivity index (χ1v) is 9.94. The van der Waals surface area contributed by atoms with E-state index in [2.05, 4.69) is 5.32 Å². The number of piperazine rings is 1. The highest BCUT2D eigenvalue weighted by Gasteiger charge is 2.28. The summed E-state index contributed by atoms with van der Waals surface area (Å²) in [4.78, 5) is 40.9. The van der Waals surface area contributed by atoms with E-state index in [0.717, 1.165) is 12.1 Å². The van der Waals surface area contributed by atoms with Crippen LogP contribution in [0.5, 0.6) is 0 Å². The molecule has 3 aromatic rings. The number of nitrogens with zero attached hydrogens (tertiary/aromatic N) is 3. The van der Waals surface area contributed by atoms with Crippen molar-refractivity contribution in [3.8, 4) is 0 Å². The maximum atomic E-state index is 13.8. The highest BCUT2D eigenvalue weighted by atomic mass is 19.1. The first-order valence-electron chi connectivity index (χ1n) is 9.94. The Labute approximate surface area is 182 Å². The number of anilines is 1. The van der Waals surface area contributed by atoms with Gasteiger partial charge in [0.25, 0.3) is 11.8 Å². The van der Waals surface area contributed by atoms with E-state index in [0.29, 0.717) is 37.9 Å². The van der Waals surface area contributed by atoms with Crippen LogP contribution in [0.1, 0.15) is 21.0 Å². The SMILES string of the molecule is O=C(Cn1cccc1C(=O)N1CCN(C(=O)c2ccco2)CC1)Nc1ccc(F)cc1F. The van der Waals surface area contributed by atoms with Crippen LogP contribution in [-0.4, -0.2) is 58.3 Å². The van der Waals surface area contributed by atoms with Gasteiger partial charge in [-0.25, -0.2) is 8.78 Å². The number of hydrogen-bond donors (Lipinski definition) is 1. The third-order valence-electron chi connectivity index (χ3n) is 5.15. The van der Waals surface area contributed by atoms with Gasteiger partial charge in [0, 0.05) is 38.4 Å². The van der Waals surface area contributed by atoms with Gasteiger partial charge in [0.2, 0.25) is 5.91 Å². The van der Waals surface area contributed by atoms with E-state index >= 15 is 0 Å². The van der Waals surface area contributed by atoms with Gasteiger partial charge in [0.1, 0.15) is 23.9 Å². The maximum absolute atomic E-state index is 13.8. The summed E-state index contributed by atoms with van der Waals surface area (Å²) < 4.78 is 33.4. The summed E-state index contributed by atoms with van der Waals surface area (Å²) in [6.07, 6.45) is 3.01. The Morgan fingerprint density at radius 3 is 2.31 bits per heavy atom. The first kappa shape index (κ1) is 21.3. The summed E-state index contributed by atoms with van der Waals surface area (Å²) in [5, 5.41) is 2.37. The second kappa shape index (κ2) is 9.04. The summed E-state index contributed by atoms with van der Waals surface area (Å²) in [7, 11) is 0. The number of halogens is 2. The number of aromatic nitrogens is 1. The molecule has 8 nitrogen and oxygen atoms in total. The van der Waals surface area contributed by atoms with Crippen LogP contribution in [0.3, 0.4) is 0 Å². The Morgan fingerprint density at radius 1 is 0.938 bits per heavy atom. The number of carbonyl (C=O) groups excluding carboxylic acids is 3. The molecule has 166 valence electrons. The third kappa shape index (κ3) is 4.53. The van der Waals surface area contributed by atoms with Crippen molar-refractivity contribution in [1.29, 1.82) is 0 Å². The molecule has 0 saturated carbocycles. The molecule has 1 aliphatic rings. The topological polar surface area (TPSA) is 87.8 Å². The fourth-order valence-electron chi connectivity index (χ4n) is 3.51. The summed E-state index contributed by atoms with van der Waals surface area (Å²) in [5.74, 6) is -2.44. The number of benzene rings is 1. The molecule has 3 amide bonds. The van der Waals surface area contributed by atoms with E-state index in [-0.39, 0.29) is 29.8 Å². The molecule has 1 fully saturated rings. The second-order valence-electron chi connectivity index (χ2n) is 7.26. The van der Waals surface area contributed by atoms with E-state index in [4.69, 9.17) is 4.42 Å². The van der Waals surface area contributed by atoms with E-state index in [1.54, 1.807) is 40.3 Å². The lowest BCUT2D eigenvalue weighted by molar-refractivity contribution is -0.116. The van der Waals surface area contributed by atoms with Crippen molar-refractivity contribution in [2.24, 2.45) is 0 Å². The van der Waals surface area contributed by atoms with Crippen molar-refractivity contribution in [3.63, 3.8) is 0 Å². The molecule has 0 spiro atoms. The molecule has 0 bridgehead atoms.